The summed E-state index contributed by atoms with van der Waals surface area (Å²) in [6, 6.07) is 12.8. The second-order valence-electron chi connectivity index (χ2n) is 6.93. The summed E-state index contributed by atoms with van der Waals surface area (Å²) in [5.74, 6) is 0.274. The van der Waals surface area contributed by atoms with Crippen LogP contribution >= 0.6 is 22.7 Å². The average molecular weight is 407 g/mol. The number of benzene rings is 1. The molecular weight excluding hydrogens is 388 g/mol. The highest BCUT2D eigenvalue weighted by molar-refractivity contribution is 7.21. The Morgan fingerprint density at radius 3 is 2.89 bits per heavy atom. The molecule has 28 heavy (non-hydrogen) atoms. The van der Waals surface area contributed by atoms with Gasteiger partial charge in [-0.3, -0.25) is 10.1 Å². The molecule has 1 unspecified atom stereocenters. The second kappa shape index (κ2) is 7.00. The minimum Gasteiger partial charge on any atom is -0.397 e. The largest absolute Gasteiger partial charge is 0.397 e. The number of nitrogens with two attached hydrogens (primary N) is 1. The number of nitrogens with one attached hydrogen (secondary N) is 1. The van der Waals surface area contributed by atoms with Gasteiger partial charge in [0, 0.05) is 22.7 Å². The molecule has 1 aliphatic carbocycles. The molecule has 0 bridgehead atoms. The van der Waals surface area contributed by atoms with Gasteiger partial charge in [0.1, 0.15) is 9.71 Å². The topological polar surface area (TPSA) is 80.9 Å². The molecule has 1 atom stereocenters. The van der Waals surface area contributed by atoms with Crippen LogP contribution in [0.25, 0.3) is 10.2 Å². The van der Waals surface area contributed by atoms with Gasteiger partial charge in [-0.05, 0) is 42.4 Å². The van der Waals surface area contributed by atoms with E-state index in [4.69, 9.17) is 10.7 Å². The standard InChI is InChI=1S/C21H18N4OS2/c22-17-15-11-14-10-13(12-4-2-1-3-5-12)6-7-16(14)24-20(15)28-18(17)19(26)25-21-23-8-9-27-21/h1-5,8-9,11,13H,6-7,10,22H2,(H,23,25,26). The third-order valence-corrected chi connectivity index (χ3v) is 7.02. The van der Waals surface area contributed by atoms with Gasteiger partial charge < -0.3 is 5.73 Å². The molecule has 5 nitrogen and oxygen atoms in total. The minimum absolute atomic E-state index is 0.226. The predicted octanol–water partition coefficient (Wildman–Crippen LogP) is 4.86. The minimum atomic E-state index is -0.226. The van der Waals surface area contributed by atoms with Gasteiger partial charge in [0.25, 0.3) is 5.91 Å². The van der Waals surface area contributed by atoms with Gasteiger partial charge in [-0.1, -0.05) is 30.3 Å². The van der Waals surface area contributed by atoms with Crippen LogP contribution in [0.4, 0.5) is 10.8 Å². The van der Waals surface area contributed by atoms with E-state index in [1.807, 2.05) is 5.38 Å². The van der Waals surface area contributed by atoms with E-state index >= 15 is 0 Å². The van der Waals surface area contributed by atoms with Crippen molar-refractivity contribution in [2.45, 2.75) is 25.2 Å². The lowest BCUT2D eigenvalue weighted by Crippen LogP contribution is -2.14. The molecule has 3 aromatic heterocycles. The first-order valence-electron chi connectivity index (χ1n) is 9.15. The summed E-state index contributed by atoms with van der Waals surface area (Å²) >= 11 is 2.73. The van der Waals surface area contributed by atoms with Crippen LogP contribution in [-0.2, 0) is 12.8 Å². The van der Waals surface area contributed by atoms with E-state index in [0.29, 0.717) is 21.6 Å². The Balaban J connectivity index is 1.48. The van der Waals surface area contributed by atoms with Crippen molar-refractivity contribution >= 4 is 49.6 Å². The van der Waals surface area contributed by atoms with Crippen molar-refractivity contribution in [3.63, 3.8) is 0 Å². The van der Waals surface area contributed by atoms with Crippen LogP contribution in [-0.4, -0.2) is 15.9 Å². The van der Waals surface area contributed by atoms with Crippen molar-refractivity contribution in [3.05, 3.63) is 69.7 Å². The van der Waals surface area contributed by atoms with Crippen LogP contribution < -0.4 is 11.1 Å². The first-order valence-corrected chi connectivity index (χ1v) is 10.8. The summed E-state index contributed by atoms with van der Waals surface area (Å²) in [6.07, 6.45) is 4.66. The quantitative estimate of drug-likeness (QED) is 0.509. The van der Waals surface area contributed by atoms with E-state index in [0.717, 1.165) is 35.2 Å². The number of amides is 1. The third kappa shape index (κ3) is 3.06. The number of rotatable bonds is 3. The summed E-state index contributed by atoms with van der Waals surface area (Å²) in [6.45, 7) is 0. The fraction of sp³-hybridized carbons (Fsp3) is 0.190. The number of carbonyl (C=O) groups excluding carboxylic acids is 1. The molecule has 0 aliphatic heterocycles. The number of hydrogen-bond acceptors (Lipinski definition) is 6. The number of hydrogen-bond donors (Lipinski definition) is 2. The fourth-order valence-corrected chi connectivity index (χ4v) is 5.32. The van der Waals surface area contributed by atoms with Crippen molar-refractivity contribution in [3.8, 4) is 0 Å². The molecular formula is C21H18N4OS2. The van der Waals surface area contributed by atoms with Crippen molar-refractivity contribution < 1.29 is 4.79 Å². The Morgan fingerprint density at radius 2 is 2.11 bits per heavy atom. The molecule has 0 spiro atoms. The fourth-order valence-electron chi connectivity index (χ4n) is 3.81. The summed E-state index contributed by atoms with van der Waals surface area (Å²) in [5, 5.41) is 6.08. The molecule has 4 aromatic rings. The summed E-state index contributed by atoms with van der Waals surface area (Å²) in [7, 11) is 0. The van der Waals surface area contributed by atoms with Crippen molar-refractivity contribution in [2.24, 2.45) is 0 Å². The number of fused-ring (bicyclic) bond motifs is 2. The Bertz CT molecular complexity index is 1150. The van der Waals surface area contributed by atoms with Crippen molar-refractivity contribution in [1.82, 2.24) is 9.97 Å². The monoisotopic (exact) mass is 406 g/mol. The number of aryl methyl sites for hydroxylation is 1. The maximum Gasteiger partial charge on any atom is 0.269 e. The molecule has 1 amide bonds. The first-order chi connectivity index (χ1) is 13.7. The molecule has 1 aliphatic rings. The summed E-state index contributed by atoms with van der Waals surface area (Å²) in [4.78, 5) is 22.9. The van der Waals surface area contributed by atoms with Crippen LogP contribution in [0.5, 0.6) is 0 Å². The van der Waals surface area contributed by atoms with Gasteiger partial charge in [-0.15, -0.1) is 22.7 Å². The first kappa shape index (κ1) is 17.3. The van der Waals surface area contributed by atoms with E-state index in [1.165, 1.54) is 33.8 Å². The lowest BCUT2D eigenvalue weighted by atomic mass is 9.82. The number of thiazole rings is 1. The molecule has 1 aromatic carbocycles. The maximum atomic E-state index is 12.6. The van der Waals surface area contributed by atoms with E-state index < -0.39 is 0 Å². The number of nitrogens with zero attached hydrogens (tertiary/aromatic N) is 2. The Kier molecular flexibility index (Phi) is 4.33. The molecule has 0 saturated heterocycles. The normalized spacial score (nSPS) is 16.1. The number of thiophene rings is 1. The summed E-state index contributed by atoms with van der Waals surface area (Å²) in [5.41, 5.74) is 10.6. The zero-order valence-electron chi connectivity index (χ0n) is 15.0. The van der Waals surface area contributed by atoms with E-state index in [9.17, 15) is 4.79 Å². The summed E-state index contributed by atoms with van der Waals surface area (Å²) < 4.78 is 0. The molecule has 0 radical (unpaired) electrons. The van der Waals surface area contributed by atoms with E-state index in [1.54, 1.807) is 6.20 Å². The Labute approximate surface area is 170 Å². The van der Waals surface area contributed by atoms with Gasteiger partial charge in [0.15, 0.2) is 5.13 Å². The molecule has 3 N–H and O–H groups in total. The smallest absolute Gasteiger partial charge is 0.269 e. The number of carbonyl (C=O) groups is 1. The zero-order chi connectivity index (χ0) is 19.1. The number of anilines is 2. The molecule has 0 saturated carbocycles. The van der Waals surface area contributed by atoms with Crippen LogP contribution in [0.15, 0.2) is 48.0 Å². The van der Waals surface area contributed by atoms with Gasteiger partial charge in [0.05, 0.1) is 5.69 Å². The predicted molar refractivity (Wildman–Crippen MR) is 115 cm³/mol. The maximum absolute atomic E-state index is 12.6. The molecule has 140 valence electrons. The third-order valence-electron chi connectivity index (χ3n) is 5.22. The highest BCUT2D eigenvalue weighted by atomic mass is 32.1. The average Bonchev–Trinajstić information content (AvgIpc) is 3.34. The Hall–Kier alpha value is -2.77. The van der Waals surface area contributed by atoms with Gasteiger partial charge >= 0.3 is 0 Å². The van der Waals surface area contributed by atoms with Crippen molar-refractivity contribution in [1.29, 1.82) is 0 Å². The molecule has 7 heteroatoms. The zero-order valence-corrected chi connectivity index (χ0v) is 16.6. The number of aromatic nitrogens is 2. The molecule has 0 fully saturated rings. The Morgan fingerprint density at radius 1 is 1.25 bits per heavy atom. The van der Waals surface area contributed by atoms with E-state index in [2.05, 4.69) is 46.7 Å². The van der Waals surface area contributed by atoms with Gasteiger partial charge in [-0.25, -0.2) is 9.97 Å². The van der Waals surface area contributed by atoms with Gasteiger partial charge in [0.2, 0.25) is 0 Å². The lowest BCUT2D eigenvalue weighted by molar-refractivity contribution is 0.103. The molecule has 3 heterocycles. The number of nitrogen functional groups attached to an aromatic ring is 1. The highest BCUT2D eigenvalue weighted by Gasteiger charge is 2.24. The van der Waals surface area contributed by atoms with Crippen LogP contribution in [0.2, 0.25) is 0 Å². The molecule has 5 rings (SSSR count). The SMILES string of the molecule is Nc1c(C(=O)Nc2nccs2)sc2nc3c(cc12)CC(c1ccccc1)CC3. The van der Waals surface area contributed by atoms with Crippen molar-refractivity contribution in [2.75, 3.05) is 11.1 Å². The lowest BCUT2D eigenvalue weighted by Gasteiger charge is -2.24. The van der Waals surface area contributed by atoms with Crippen LogP contribution in [0, 0.1) is 0 Å². The highest BCUT2D eigenvalue weighted by Crippen LogP contribution is 2.38. The van der Waals surface area contributed by atoms with E-state index in [-0.39, 0.29) is 5.91 Å². The van der Waals surface area contributed by atoms with Crippen LogP contribution in [0.1, 0.15) is 38.8 Å². The number of pyridine rings is 1. The van der Waals surface area contributed by atoms with Gasteiger partial charge in [-0.2, -0.15) is 0 Å². The second-order valence-corrected chi connectivity index (χ2v) is 8.83. The van der Waals surface area contributed by atoms with Crippen LogP contribution in [0.3, 0.4) is 0 Å².